The minimum Gasteiger partial charge on any atom is -0.507 e. The predicted molar refractivity (Wildman–Crippen MR) is 91.7 cm³/mol. The van der Waals surface area contributed by atoms with E-state index in [-0.39, 0.29) is 11.3 Å². The highest BCUT2D eigenvalue weighted by Gasteiger charge is 2.11. The standard InChI is InChI=1S/C17H13BrN2O3/c1-10(16-9-11-8-12(18)6-7-15(11)23-16)19-20-17(22)13-4-2-3-5-14(13)21/h2-9,21H,1H3,(H,20,22)/b19-10-. The van der Waals surface area contributed by atoms with Crippen LogP contribution in [0.2, 0.25) is 0 Å². The third kappa shape index (κ3) is 3.27. The van der Waals surface area contributed by atoms with Gasteiger partial charge in [-0.1, -0.05) is 28.1 Å². The van der Waals surface area contributed by atoms with Gasteiger partial charge < -0.3 is 9.52 Å². The van der Waals surface area contributed by atoms with Gasteiger partial charge in [-0.3, -0.25) is 4.79 Å². The monoisotopic (exact) mass is 372 g/mol. The maximum atomic E-state index is 12.0. The molecule has 0 aliphatic carbocycles. The summed E-state index contributed by atoms with van der Waals surface area (Å²) in [4.78, 5) is 12.0. The number of nitrogens with zero attached hydrogens (tertiary/aromatic N) is 1. The van der Waals surface area contributed by atoms with Crippen LogP contribution in [0.5, 0.6) is 5.75 Å². The molecule has 3 aromatic rings. The zero-order valence-electron chi connectivity index (χ0n) is 12.2. The van der Waals surface area contributed by atoms with E-state index in [1.54, 1.807) is 19.1 Å². The minimum absolute atomic E-state index is 0.0913. The van der Waals surface area contributed by atoms with E-state index in [1.807, 2.05) is 24.3 Å². The van der Waals surface area contributed by atoms with E-state index in [4.69, 9.17) is 4.42 Å². The lowest BCUT2D eigenvalue weighted by Gasteiger charge is -2.03. The number of carbonyl (C=O) groups excluding carboxylic acids is 1. The van der Waals surface area contributed by atoms with Crippen molar-refractivity contribution in [2.75, 3.05) is 0 Å². The SMILES string of the molecule is C/C(=N/NC(=O)c1ccccc1O)c1cc2cc(Br)ccc2o1. The van der Waals surface area contributed by atoms with Crippen LogP contribution in [0.4, 0.5) is 0 Å². The first-order chi connectivity index (χ1) is 11.0. The van der Waals surface area contributed by atoms with E-state index in [0.29, 0.717) is 11.5 Å². The third-order valence-corrected chi connectivity index (χ3v) is 3.80. The van der Waals surface area contributed by atoms with Gasteiger partial charge in [0, 0.05) is 9.86 Å². The summed E-state index contributed by atoms with van der Waals surface area (Å²) in [6.45, 7) is 1.73. The van der Waals surface area contributed by atoms with Crippen molar-refractivity contribution in [3.63, 3.8) is 0 Å². The van der Waals surface area contributed by atoms with E-state index >= 15 is 0 Å². The Morgan fingerprint density at radius 1 is 1.22 bits per heavy atom. The molecule has 0 fully saturated rings. The van der Waals surface area contributed by atoms with Crippen LogP contribution in [-0.2, 0) is 0 Å². The third-order valence-electron chi connectivity index (χ3n) is 3.31. The van der Waals surface area contributed by atoms with Crippen LogP contribution < -0.4 is 5.43 Å². The summed E-state index contributed by atoms with van der Waals surface area (Å²) in [7, 11) is 0. The molecule has 3 rings (SSSR count). The van der Waals surface area contributed by atoms with E-state index in [2.05, 4.69) is 26.5 Å². The topological polar surface area (TPSA) is 74.8 Å². The summed E-state index contributed by atoms with van der Waals surface area (Å²) >= 11 is 3.41. The first kappa shape index (κ1) is 15.3. The molecule has 0 spiro atoms. The molecule has 1 heterocycles. The number of hydrazone groups is 1. The zero-order chi connectivity index (χ0) is 16.4. The number of hydrogen-bond donors (Lipinski definition) is 2. The number of aromatic hydroxyl groups is 1. The van der Waals surface area contributed by atoms with Crippen LogP contribution in [0, 0.1) is 0 Å². The molecule has 5 nitrogen and oxygen atoms in total. The first-order valence-corrected chi connectivity index (χ1v) is 7.66. The smallest absolute Gasteiger partial charge is 0.275 e. The largest absolute Gasteiger partial charge is 0.507 e. The summed E-state index contributed by atoms with van der Waals surface area (Å²) < 4.78 is 6.65. The molecular formula is C17H13BrN2O3. The van der Waals surface area contributed by atoms with Crippen molar-refractivity contribution in [1.29, 1.82) is 0 Å². The summed E-state index contributed by atoms with van der Waals surface area (Å²) in [5, 5.41) is 14.6. The predicted octanol–water partition coefficient (Wildman–Crippen LogP) is 4.05. The molecule has 6 heteroatoms. The lowest BCUT2D eigenvalue weighted by Crippen LogP contribution is -2.19. The fraction of sp³-hybridized carbons (Fsp3) is 0.0588. The Hall–Kier alpha value is -2.60. The van der Waals surface area contributed by atoms with Crippen LogP contribution in [0.3, 0.4) is 0 Å². The maximum absolute atomic E-state index is 12.0. The average Bonchev–Trinajstić information content (AvgIpc) is 2.95. The molecule has 2 N–H and O–H groups in total. The molecule has 1 amide bonds. The lowest BCUT2D eigenvalue weighted by molar-refractivity contribution is 0.0952. The van der Waals surface area contributed by atoms with Gasteiger partial charge in [-0.15, -0.1) is 0 Å². The van der Waals surface area contributed by atoms with Gasteiger partial charge >= 0.3 is 0 Å². The van der Waals surface area contributed by atoms with Gasteiger partial charge in [0.25, 0.3) is 5.91 Å². The fourth-order valence-corrected chi connectivity index (χ4v) is 2.49. The number of halogens is 1. The normalized spacial score (nSPS) is 11.7. The van der Waals surface area contributed by atoms with Crippen molar-refractivity contribution in [3.05, 3.63) is 64.3 Å². The van der Waals surface area contributed by atoms with Crippen molar-refractivity contribution in [3.8, 4) is 5.75 Å². The van der Waals surface area contributed by atoms with Crippen LogP contribution in [0.1, 0.15) is 23.0 Å². The number of para-hydroxylation sites is 1. The molecule has 0 aliphatic heterocycles. The number of hydrogen-bond acceptors (Lipinski definition) is 4. The number of rotatable bonds is 3. The van der Waals surface area contributed by atoms with Gasteiger partial charge in [0.1, 0.15) is 17.0 Å². The van der Waals surface area contributed by atoms with Gasteiger partial charge in [-0.2, -0.15) is 5.10 Å². The Kier molecular flexibility index (Phi) is 4.16. The van der Waals surface area contributed by atoms with E-state index in [1.165, 1.54) is 12.1 Å². The number of benzene rings is 2. The summed E-state index contributed by atoms with van der Waals surface area (Å²) in [5.74, 6) is -0.0107. The van der Waals surface area contributed by atoms with Gasteiger partial charge in [0.05, 0.1) is 5.56 Å². The Morgan fingerprint density at radius 2 is 2.00 bits per heavy atom. The molecule has 23 heavy (non-hydrogen) atoms. The Labute approximate surface area is 140 Å². The van der Waals surface area contributed by atoms with E-state index in [0.717, 1.165) is 15.4 Å². The Balaban J connectivity index is 1.81. The van der Waals surface area contributed by atoms with Crippen molar-refractivity contribution in [1.82, 2.24) is 5.43 Å². The number of carbonyl (C=O) groups is 1. The number of amides is 1. The van der Waals surface area contributed by atoms with Gasteiger partial charge in [-0.05, 0) is 43.3 Å². The van der Waals surface area contributed by atoms with Gasteiger partial charge in [0.15, 0.2) is 5.76 Å². The zero-order valence-corrected chi connectivity index (χ0v) is 13.8. The Morgan fingerprint density at radius 3 is 2.78 bits per heavy atom. The highest BCUT2D eigenvalue weighted by Crippen LogP contribution is 2.23. The van der Waals surface area contributed by atoms with E-state index < -0.39 is 5.91 Å². The molecule has 116 valence electrons. The second kappa shape index (κ2) is 6.26. The van der Waals surface area contributed by atoms with Crippen LogP contribution in [-0.4, -0.2) is 16.7 Å². The van der Waals surface area contributed by atoms with Crippen LogP contribution in [0.15, 0.2) is 62.5 Å². The maximum Gasteiger partial charge on any atom is 0.275 e. The number of phenolic OH excluding ortho intramolecular Hbond substituents is 1. The highest BCUT2D eigenvalue weighted by atomic mass is 79.9. The van der Waals surface area contributed by atoms with Crippen molar-refractivity contribution >= 4 is 38.5 Å². The number of fused-ring (bicyclic) bond motifs is 1. The number of furan rings is 1. The second-order valence-electron chi connectivity index (χ2n) is 4.95. The summed E-state index contributed by atoms with van der Waals surface area (Å²) in [6.07, 6.45) is 0. The second-order valence-corrected chi connectivity index (χ2v) is 5.86. The van der Waals surface area contributed by atoms with Gasteiger partial charge in [-0.25, -0.2) is 5.43 Å². The van der Waals surface area contributed by atoms with Crippen LogP contribution in [0.25, 0.3) is 11.0 Å². The highest BCUT2D eigenvalue weighted by molar-refractivity contribution is 9.10. The average molecular weight is 373 g/mol. The molecule has 1 aromatic heterocycles. The van der Waals surface area contributed by atoms with Crippen LogP contribution >= 0.6 is 15.9 Å². The summed E-state index contributed by atoms with van der Waals surface area (Å²) in [5.41, 5.74) is 3.85. The molecule has 0 saturated carbocycles. The summed E-state index contributed by atoms with van der Waals surface area (Å²) in [6, 6.07) is 13.8. The molecule has 2 aromatic carbocycles. The molecular weight excluding hydrogens is 360 g/mol. The number of nitrogens with one attached hydrogen (secondary N) is 1. The number of phenols is 1. The van der Waals surface area contributed by atoms with Crippen molar-refractivity contribution in [2.24, 2.45) is 5.10 Å². The lowest BCUT2D eigenvalue weighted by atomic mass is 10.2. The molecule has 0 bridgehead atoms. The van der Waals surface area contributed by atoms with Gasteiger partial charge in [0.2, 0.25) is 0 Å². The van der Waals surface area contributed by atoms with E-state index in [9.17, 15) is 9.90 Å². The first-order valence-electron chi connectivity index (χ1n) is 6.86. The minimum atomic E-state index is -0.485. The van der Waals surface area contributed by atoms with Crippen molar-refractivity contribution < 1.29 is 14.3 Å². The molecule has 0 radical (unpaired) electrons. The fourth-order valence-electron chi connectivity index (χ4n) is 2.11. The quantitative estimate of drug-likeness (QED) is 0.537. The molecule has 0 aliphatic rings. The van der Waals surface area contributed by atoms with Crippen molar-refractivity contribution in [2.45, 2.75) is 6.92 Å². The Bertz CT molecular complexity index is 915. The molecule has 0 atom stereocenters. The molecule has 0 unspecified atom stereocenters. The molecule has 0 saturated heterocycles.